The molecule has 0 aromatic carbocycles. The van der Waals surface area contributed by atoms with E-state index in [2.05, 4.69) is 9.37 Å². The van der Waals surface area contributed by atoms with E-state index in [0.29, 0.717) is 11.7 Å². The summed E-state index contributed by atoms with van der Waals surface area (Å²) in [6.07, 6.45) is 6.37. The van der Waals surface area contributed by atoms with Crippen molar-refractivity contribution in [3.8, 4) is 0 Å². The third-order valence-electron chi connectivity index (χ3n) is 2.59. The molecule has 4 nitrogen and oxygen atoms in total. The highest BCUT2D eigenvalue weighted by Crippen LogP contribution is 2.26. The molecule has 0 aromatic heterocycles. The molecule has 1 rings (SSSR count). The Morgan fingerprint density at radius 3 is 2.69 bits per heavy atom. The topological polar surface area (TPSA) is 64.7 Å². The molecule has 13 heavy (non-hydrogen) atoms. The van der Waals surface area contributed by atoms with E-state index in [1.165, 1.54) is 32.1 Å². The second kappa shape index (κ2) is 6.62. The first-order valence-electron chi connectivity index (χ1n) is 4.70. The van der Waals surface area contributed by atoms with Gasteiger partial charge in [0.2, 0.25) is 0 Å². The Morgan fingerprint density at radius 2 is 2.08 bits per heavy atom. The van der Waals surface area contributed by atoms with Crippen LogP contribution in [0, 0.1) is 5.92 Å². The van der Waals surface area contributed by atoms with Crippen LogP contribution in [0.3, 0.4) is 0 Å². The van der Waals surface area contributed by atoms with Crippen LogP contribution in [0.1, 0.15) is 32.1 Å². The first kappa shape index (κ1) is 11.3. The van der Waals surface area contributed by atoms with Crippen molar-refractivity contribution < 1.29 is 14.6 Å². The minimum absolute atomic E-state index is 0.153. The lowest BCUT2D eigenvalue weighted by Crippen LogP contribution is -2.33. The molecule has 5 heteroatoms. The van der Waals surface area contributed by atoms with E-state index in [4.69, 9.17) is 11.0 Å². The van der Waals surface area contributed by atoms with Crippen molar-refractivity contribution in [3.63, 3.8) is 0 Å². The minimum Gasteiger partial charge on any atom is -0.327 e. The summed E-state index contributed by atoms with van der Waals surface area (Å²) in [4.78, 5) is 0. The van der Waals surface area contributed by atoms with Crippen LogP contribution < -0.4 is 5.73 Å². The van der Waals surface area contributed by atoms with Crippen molar-refractivity contribution >= 4 is 12.0 Å². The zero-order valence-electron chi connectivity index (χ0n) is 7.65. The van der Waals surface area contributed by atoms with Gasteiger partial charge in [-0.1, -0.05) is 24.3 Å². The van der Waals surface area contributed by atoms with Gasteiger partial charge in [-0.15, -0.1) is 4.33 Å². The molecule has 3 N–H and O–H groups in total. The molecule has 0 aliphatic heterocycles. The Bertz CT molecular complexity index is 131. The fraction of sp³-hybridized carbons (Fsp3) is 1.00. The lowest BCUT2D eigenvalue weighted by molar-refractivity contribution is -0.432. The van der Waals surface area contributed by atoms with Crippen LogP contribution in [-0.2, 0) is 9.37 Å². The smallest absolute Gasteiger partial charge is 0.0385 e. The standard InChI is InChI=1S/C8H17NO3S/c9-8(6-13-12-11-10)7-4-2-1-3-5-7/h7-8,10H,1-6,9H2. The number of rotatable bonds is 5. The van der Waals surface area contributed by atoms with E-state index < -0.39 is 0 Å². The van der Waals surface area contributed by atoms with Gasteiger partial charge in [0, 0.05) is 23.8 Å². The molecule has 0 aromatic rings. The van der Waals surface area contributed by atoms with Gasteiger partial charge < -0.3 is 5.73 Å². The summed E-state index contributed by atoms with van der Waals surface area (Å²) in [6.45, 7) is 0. The molecule has 1 saturated carbocycles. The van der Waals surface area contributed by atoms with Crippen molar-refractivity contribution in [2.75, 3.05) is 5.75 Å². The highest BCUT2D eigenvalue weighted by molar-refractivity contribution is 7.94. The van der Waals surface area contributed by atoms with Gasteiger partial charge in [-0.05, 0) is 18.8 Å². The van der Waals surface area contributed by atoms with Crippen molar-refractivity contribution in [2.24, 2.45) is 11.7 Å². The van der Waals surface area contributed by atoms with Gasteiger partial charge >= 0.3 is 0 Å². The Labute approximate surface area is 82.8 Å². The van der Waals surface area contributed by atoms with Gasteiger partial charge in [-0.2, -0.15) is 0 Å². The highest BCUT2D eigenvalue weighted by Gasteiger charge is 2.20. The molecular formula is C8H17NO3S. The number of nitrogens with two attached hydrogens (primary N) is 1. The summed E-state index contributed by atoms with van der Waals surface area (Å²) >= 11 is 1.06. The Kier molecular flexibility index (Phi) is 5.73. The fourth-order valence-corrected chi connectivity index (χ4v) is 2.35. The van der Waals surface area contributed by atoms with Crippen molar-refractivity contribution in [1.29, 1.82) is 0 Å². The third kappa shape index (κ3) is 4.28. The summed E-state index contributed by atoms with van der Waals surface area (Å²) in [5.74, 6) is 1.29. The SMILES string of the molecule is NC(CSOOO)C1CCCCC1. The normalized spacial score (nSPS) is 21.7. The van der Waals surface area contributed by atoms with Crippen molar-refractivity contribution in [3.05, 3.63) is 0 Å². The average molecular weight is 207 g/mol. The lowest BCUT2D eigenvalue weighted by atomic mass is 9.85. The van der Waals surface area contributed by atoms with Gasteiger partial charge in [0.15, 0.2) is 0 Å². The zero-order valence-corrected chi connectivity index (χ0v) is 8.46. The second-order valence-electron chi connectivity index (χ2n) is 3.49. The predicted octanol–water partition coefficient (Wildman–Crippen LogP) is 1.96. The molecule has 1 unspecified atom stereocenters. The molecule has 0 heterocycles. The molecule has 0 radical (unpaired) electrons. The maximum Gasteiger partial charge on any atom is 0.0385 e. The van der Waals surface area contributed by atoms with Gasteiger partial charge in [-0.25, -0.2) is 5.26 Å². The zero-order chi connectivity index (χ0) is 9.52. The molecule has 0 amide bonds. The molecular weight excluding hydrogens is 190 g/mol. The summed E-state index contributed by atoms with van der Waals surface area (Å²) in [5, 5.41) is 11.4. The number of hydrogen-bond acceptors (Lipinski definition) is 5. The lowest BCUT2D eigenvalue weighted by Gasteiger charge is -2.26. The van der Waals surface area contributed by atoms with Gasteiger partial charge in [0.25, 0.3) is 0 Å². The van der Waals surface area contributed by atoms with E-state index in [9.17, 15) is 0 Å². The van der Waals surface area contributed by atoms with Crippen LogP contribution in [-0.4, -0.2) is 17.1 Å². The summed E-state index contributed by atoms with van der Waals surface area (Å²) in [5.41, 5.74) is 5.95. The number of hydrogen-bond donors (Lipinski definition) is 2. The van der Waals surface area contributed by atoms with Crippen molar-refractivity contribution in [1.82, 2.24) is 0 Å². The quantitative estimate of drug-likeness (QED) is 0.312. The monoisotopic (exact) mass is 207 g/mol. The van der Waals surface area contributed by atoms with Crippen LogP contribution in [0.2, 0.25) is 0 Å². The van der Waals surface area contributed by atoms with E-state index in [-0.39, 0.29) is 6.04 Å². The molecule has 0 bridgehead atoms. The summed E-state index contributed by atoms with van der Waals surface area (Å²) < 4.78 is 4.29. The Morgan fingerprint density at radius 1 is 1.38 bits per heavy atom. The average Bonchev–Trinajstić information content (AvgIpc) is 2.19. The first-order valence-corrected chi connectivity index (χ1v) is 5.61. The van der Waals surface area contributed by atoms with Crippen LogP contribution in [0.25, 0.3) is 0 Å². The predicted molar refractivity (Wildman–Crippen MR) is 51.8 cm³/mol. The molecule has 1 aliphatic rings. The molecule has 1 aliphatic carbocycles. The van der Waals surface area contributed by atoms with E-state index >= 15 is 0 Å². The van der Waals surface area contributed by atoms with Gasteiger partial charge in [0.1, 0.15) is 0 Å². The van der Waals surface area contributed by atoms with Crippen LogP contribution in [0.15, 0.2) is 0 Å². The minimum atomic E-state index is 0.153. The van der Waals surface area contributed by atoms with Crippen LogP contribution >= 0.6 is 12.0 Å². The Hall–Kier alpha value is 0.190. The highest BCUT2D eigenvalue weighted by atomic mass is 32.2. The van der Waals surface area contributed by atoms with E-state index in [1.807, 2.05) is 0 Å². The van der Waals surface area contributed by atoms with E-state index in [1.54, 1.807) is 0 Å². The van der Waals surface area contributed by atoms with Crippen molar-refractivity contribution in [2.45, 2.75) is 38.1 Å². The fourth-order valence-electron chi connectivity index (χ4n) is 1.83. The Balaban J connectivity index is 2.09. The van der Waals surface area contributed by atoms with E-state index in [0.717, 1.165) is 12.0 Å². The van der Waals surface area contributed by atoms with Crippen LogP contribution in [0.4, 0.5) is 0 Å². The maximum atomic E-state index is 7.91. The first-order chi connectivity index (χ1) is 6.34. The molecule has 0 saturated heterocycles. The second-order valence-corrected chi connectivity index (χ2v) is 4.19. The maximum absolute atomic E-state index is 7.91. The summed E-state index contributed by atoms with van der Waals surface area (Å²) in [6, 6.07) is 0.153. The van der Waals surface area contributed by atoms with Crippen LogP contribution in [0.5, 0.6) is 0 Å². The molecule has 1 fully saturated rings. The third-order valence-corrected chi connectivity index (χ3v) is 3.27. The molecule has 0 spiro atoms. The molecule has 1 atom stereocenters. The van der Waals surface area contributed by atoms with Gasteiger partial charge in [0.05, 0.1) is 0 Å². The largest absolute Gasteiger partial charge is 0.327 e. The van der Waals surface area contributed by atoms with Gasteiger partial charge in [-0.3, -0.25) is 0 Å². The summed E-state index contributed by atoms with van der Waals surface area (Å²) in [7, 11) is 0. The molecule has 78 valence electrons.